The van der Waals surface area contributed by atoms with Crippen LogP contribution in [0.2, 0.25) is 5.02 Å². The molecular formula is C17H15BrClN5O2. The Hall–Kier alpha value is -2.45. The van der Waals surface area contributed by atoms with Gasteiger partial charge < -0.3 is 10.1 Å². The first-order chi connectivity index (χ1) is 12.5. The molecule has 1 N–H and O–H groups in total. The Bertz CT molecular complexity index is 931. The van der Waals surface area contributed by atoms with Gasteiger partial charge in [0.1, 0.15) is 16.9 Å². The van der Waals surface area contributed by atoms with E-state index in [1.807, 2.05) is 19.3 Å². The second-order valence-electron chi connectivity index (χ2n) is 5.45. The molecule has 3 aromatic rings. The zero-order chi connectivity index (χ0) is 18.5. The van der Waals surface area contributed by atoms with Crippen molar-refractivity contribution in [3.63, 3.8) is 0 Å². The SMILES string of the molecule is Cn1cc(CNC(=O)c2cc(Cl)c(COc3cccc(Br)n3)cn2)cn1. The van der Waals surface area contributed by atoms with Gasteiger partial charge in [-0.15, -0.1) is 0 Å². The average Bonchev–Trinajstić information content (AvgIpc) is 3.04. The maximum atomic E-state index is 12.2. The highest BCUT2D eigenvalue weighted by molar-refractivity contribution is 9.10. The first-order valence-corrected chi connectivity index (χ1v) is 8.84. The number of pyridine rings is 2. The van der Waals surface area contributed by atoms with Gasteiger partial charge in [-0.1, -0.05) is 17.7 Å². The number of nitrogens with zero attached hydrogens (tertiary/aromatic N) is 4. The molecule has 0 radical (unpaired) electrons. The average molecular weight is 437 g/mol. The number of ether oxygens (including phenoxy) is 1. The van der Waals surface area contributed by atoms with Crippen LogP contribution in [0.15, 0.2) is 47.5 Å². The molecule has 0 atom stereocenters. The fraction of sp³-hybridized carbons (Fsp3) is 0.176. The number of rotatable bonds is 6. The monoisotopic (exact) mass is 435 g/mol. The summed E-state index contributed by atoms with van der Waals surface area (Å²) in [5.74, 6) is 0.158. The summed E-state index contributed by atoms with van der Waals surface area (Å²) in [4.78, 5) is 20.5. The van der Waals surface area contributed by atoms with E-state index in [9.17, 15) is 4.79 Å². The number of aryl methyl sites for hydroxylation is 1. The fourth-order valence-corrected chi connectivity index (χ4v) is 2.68. The van der Waals surface area contributed by atoms with Crippen molar-refractivity contribution < 1.29 is 9.53 Å². The lowest BCUT2D eigenvalue weighted by Gasteiger charge is -2.08. The van der Waals surface area contributed by atoms with Gasteiger partial charge in [-0.2, -0.15) is 5.10 Å². The van der Waals surface area contributed by atoms with Crippen LogP contribution in [0.25, 0.3) is 0 Å². The summed E-state index contributed by atoms with van der Waals surface area (Å²) in [6, 6.07) is 6.89. The van der Waals surface area contributed by atoms with Gasteiger partial charge in [0, 0.05) is 43.2 Å². The molecular weight excluding hydrogens is 422 g/mol. The number of amides is 1. The predicted molar refractivity (Wildman–Crippen MR) is 99.9 cm³/mol. The van der Waals surface area contributed by atoms with Crippen LogP contribution in [-0.4, -0.2) is 25.7 Å². The van der Waals surface area contributed by atoms with Crippen molar-refractivity contribution >= 4 is 33.4 Å². The van der Waals surface area contributed by atoms with Gasteiger partial charge in [-0.25, -0.2) is 4.98 Å². The van der Waals surface area contributed by atoms with Crippen LogP contribution >= 0.6 is 27.5 Å². The molecule has 0 aliphatic rings. The summed E-state index contributed by atoms with van der Waals surface area (Å²) in [6.45, 7) is 0.568. The van der Waals surface area contributed by atoms with Gasteiger partial charge in [0.05, 0.1) is 11.2 Å². The number of hydrogen-bond acceptors (Lipinski definition) is 5. The maximum absolute atomic E-state index is 12.2. The van der Waals surface area contributed by atoms with Gasteiger partial charge in [-0.05, 0) is 28.1 Å². The summed E-state index contributed by atoms with van der Waals surface area (Å²) in [5, 5.41) is 7.23. The van der Waals surface area contributed by atoms with Gasteiger partial charge in [0.25, 0.3) is 5.91 Å². The lowest BCUT2D eigenvalue weighted by atomic mass is 10.2. The maximum Gasteiger partial charge on any atom is 0.270 e. The van der Waals surface area contributed by atoms with E-state index in [0.29, 0.717) is 27.6 Å². The Morgan fingerprint density at radius 3 is 2.92 bits per heavy atom. The second kappa shape index (κ2) is 8.29. The number of hydrogen-bond donors (Lipinski definition) is 1. The van der Waals surface area contributed by atoms with E-state index in [2.05, 4.69) is 36.3 Å². The summed E-state index contributed by atoms with van der Waals surface area (Å²) in [7, 11) is 1.82. The van der Waals surface area contributed by atoms with Crippen LogP contribution in [0.3, 0.4) is 0 Å². The van der Waals surface area contributed by atoms with Crippen molar-refractivity contribution in [1.29, 1.82) is 0 Å². The topological polar surface area (TPSA) is 81.9 Å². The van der Waals surface area contributed by atoms with Crippen LogP contribution in [0.5, 0.6) is 5.88 Å². The van der Waals surface area contributed by atoms with E-state index in [-0.39, 0.29) is 18.2 Å². The van der Waals surface area contributed by atoms with E-state index in [1.54, 1.807) is 23.0 Å². The first kappa shape index (κ1) is 18.3. The highest BCUT2D eigenvalue weighted by atomic mass is 79.9. The molecule has 0 aliphatic heterocycles. The minimum atomic E-state index is -0.308. The Balaban J connectivity index is 1.60. The number of halogens is 2. The Labute approximate surface area is 163 Å². The van der Waals surface area contributed by atoms with E-state index in [0.717, 1.165) is 5.56 Å². The second-order valence-corrected chi connectivity index (χ2v) is 6.67. The minimum Gasteiger partial charge on any atom is -0.473 e. The van der Waals surface area contributed by atoms with Crippen LogP contribution < -0.4 is 10.1 Å². The standard InChI is InChI=1S/C17H15BrClN5O2/c1-24-9-11(7-22-24)6-21-17(25)14-5-13(19)12(8-20-14)10-26-16-4-2-3-15(18)23-16/h2-5,7-9H,6,10H2,1H3,(H,21,25). The van der Waals surface area contributed by atoms with Crippen LogP contribution in [0, 0.1) is 0 Å². The molecule has 7 nitrogen and oxygen atoms in total. The van der Waals surface area contributed by atoms with Gasteiger partial charge in [0.2, 0.25) is 5.88 Å². The molecule has 134 valence electrons. The third-order valence-corrected chi connectivity index (χ3v) is 4.23. The van der Waals surface area contributed by atoms with Crippen molar-refractivity contribution in [2.75, 3.05) is 0 Å². The van der Waals surface area contributed by atoms with Gasteiger partial charge >= 0.3 is 0 Å². The van der Waals surface area contributed by atoms with Crippen molar-refractivity contribution in [1.82, 2.24) is 25.1 Å². The number of carbonyl (C=O) groups is 1. The zero-order valence-electron chi connectivity index (χ0n) is 13.8. The Morgan fingerprint density at radius 2 is 2.23 bits per heavy atom. The molecule has 3 rings (SSSR count). The highest BCUT2D eigenvalue weighted by Gasteiger charge is 2.11. The summed E-state index contributed by atoms with van der Waals surface area (Å²) in [6.07, 6.45) is 5.05. The molecule has 0 fully saturated rings. The molecule has 0 saturated carbocycles. The largest absolute Gasteiger partial charge is 0.473 e. The highest BCUT2D eigenvalue weighted by Crippen LogP contribution is 2.19. The molecule has 0 spiro atoms. The Morgan fingerprint density at radius 1 is 1.38 bits per heavy atom. The van der Waals surface area contributed by atoms with Gasteiger partial charge in [0.15, 0.2) is 0 Å². The molecule has 0 aliphatic carbocycles. The third-order valence-electron chi connectivity index (χ3n) is 3.44. The first-order valence-electron chi connectivity index (χ1n) is 7.67. The molecule has 3 heterocycles. The smallest absolute Gasteiger partial charge is 0.270 e. The van der Waals surface area contributed by atoms with Gasteiger partial charge in [-0.3, -0.25) is 14.5 Å². The molecule has 26 heavy (non-hydrogen) atoms. The molecule has 1 amide bonds. The van der Waals surface area contributed by atoms with Crippen molar-refractivity contribution in [2.45, 2.75) is 13.2 Å². The van der Waals surface area contributed by atoms with Crippen LogP contribution in [-0.2, 0) is 20.2 Å². The molecule has 9 heteroatoms. The lowest BCUT2D eigenvalue weighted by Crippen LogP contribution is -2.23. The Kier molecular flexibility index (Phi) is 5.85. The van der Waals surface area contributed by atoms with E-state index in [4.69, 9.17) is 16.3 Å². The fourth-order valence-electron chi connectivity index (χ4n) is 2.15. The molecule has 0 saturated heterocycles. The van der Waals surface area contributed by atoms with E-state index in [1.165, 1.54) is 12.3 Å². The lowest BCUT2D eigenvalue weighted by molar-refractivity contribution is 0.0946. The van der Waals surface area contributed by atoms with Crippen LogP contribution in [0.1, 0.15) is 21.6 Å². The summed E-state index contributed by atoms with van der Waals surface area (Å²) >= 11 is 9.53. The number of nitrogens with one attached hydrogen (secondary N) is 1. The van der Waals surface area contributed by atoms with Crippen molar-refractivity contribution in [3.05, 3.63) is 69.3 Å². The zero-order valence-corrected chi connectivity index (χ0v) is 16.2. The third kappa shape index (κ3) is 4.80. The predicted octanol–water partition coefficient (Wildman–Crippen LogP) is 3.14. The molecule has 3 aromatic heterocycles. The quantitative estimate of drug-likeness (QED) is 0.600. The van der Waals surface area contributed by atoms with Crippen molar-refractivity contribution in [2.24, 2.45) is 7.05 Å². The van der Waals surface area contributed by atoms with E-state index >= 15 is 0 Å². The van der Waals surface area contributed by atoms with Crippen molar-refractivity contribution in [3.8, 4) is 5.88 Å². The number of aromatic nitrogens is 4. The van der Waals surface area contributed by atoms with Crippen LogP contribution in [0.4, 0.5) is 0 Å². The van der Waals surface area contributed by atoms with E-state index < -0.39 is 0 Å². The number of carbonyl (C=O) groups excluding carboxylic acids is 1. The molecule has 0 unspecified atom stereocenters. The molecule has 0 bridgehead atoms. The molecule has 0 aromatic carbocycles. The summed E-state index contributed by atoms with van der Waals surface area (Å²) in [5.41, 5.74) is 1.80. The summed E-state index contributed by atoms with van der Waals surface area (Å²) < 4.78 is 7.94. The normalized spacial score (nSPS) is 10.6. The minimum absolute atomic E-state index is 0.201.